The molecule has 1 atom stereocenters. The van der Waals surface area contributed by atoms with Gasteiger partial charge in [0, 0.05) is 18.9 Å². The average molecular weight is 287 g/mol. The van der Waals surface area contributed by atoms with Gasteiger partial charge in [0.05, 0.1) is 12.6 Å². The average Bonchev–Trinajstić information content (AvgIpc) is 2.48. The Hall–Kier alpha value is -2.14. The second kappa shape index (κ2) is 7.04. The number of aliphatic hydroxyl groups is 1. The summed E-state index contributed by atoms with van der Waals surface area (Å²) in [6, 6.07) is 9.17. The molecule has 1 aromatic heterocycles. The Morgan fingerprint density at radius 1 is 1.29 bits per heavy atom. The third kappa shape index (κ3) is 3.92. The van der Waals surface area contributed by atoms with Crippen molar-refractivity contribution in [1.29, 1.82) is 0 Å². The highest BCUT2D eigenvalue weighted by molar-refractivity contribution is 5.36. The van der Waals surface area contributed by atoms with E-state index in [9.17, 15) is 9.90 Å². The summed E-state index contributed by atoms with van der Waals surface area (Å²) in [4.78, 5) is 16.4. The highest BCUT2D eigenvalue weighted by Gasteiger charge is 2.13. The van der Waals surface area contributed by atoms with Crippen LogP contribution in [-0.2, 0) is 6.54 Å². The van der Waals surface area contributed by atoms with Crippen molar-refractivity contribution >= 4 is 5.82 Å². The van der Waals surface area contributed by atoms with E-state index in [1.807, 2.05) is 30.3 Å². The van der Waals surface area contributed by atoms with Crippen LogP contribution >= 0.6 is 0 Å². The predicted octanol–water partition coefficient (Wildman–Crippen LogP) is 2.04. The summed E-state index contributed by atoms with van der Waals surface area (Å²) in [5.74, 6) is 0.641. The molecule has 1 aromatic carbocycles. The summed E-state index contributed by atoms with van der Waals surface area (Å²) >= 11 is 0. The quantitative estimate of drug-likeness (QED) is 0.853. The Morgan fingerprint density at radius 3 is 2.62 bits per heavy atom. The lowest BCUT2D eigenvalue weighted by molar-refractivity contribution is 0.276. The van der Waals surface area contributed by atoms with Crippen molar-refractivity contribution in [2.24, 2.45) is 5.92 Å². The number of nitrogens with zero attached hydrogens (tertiary/aromatic N) is 2. The Kier molecular flexibility index (Phi) is 5.11. The van der Waals surface area contributed by atoms with Crippen LogP contribution in [-0.4, -0.2) is 21.3 Å². The number of hydrogen-bond donors (Lipinski definition) is 2. The fourth-order valence-electron chi connectivity index (χ4n) is 2.17. The first kappa shape index (κ1) is 15.3. The van der Waals surface area contributed by atoms with E-state index in [-0.39, 0.29) is 24.0 Å². The lowest BCUT2D eigenvalue weighted by atomic mass is 10.1. The van der Waals surface area contributed by atoms with Gasteiger partial charge in [-0.15, -0.1) is 0 Å². The summed E-state index contributed by atoms with van der Waals surface area (Å²) in [6.07, 6.45) is 3.29. The fraction of sp³-hybridized carbons (Fsp3) is 0.375. The standard InChI is InChI=1S/C16H21N3O2/c1-12(2)10-19-9-8-17-15(16(19)21)18-14(11-20)13-6-4-3-5-7-13/h3-9,12,14,20H,10-11H2,1-2H3,(H,17,18). The zero-order valence-electron chi connectivity index (χ0n) is 12.4. The topological polar surface area (TPSA) is 67.2 Å². The van der Waals surface area contributed by atoms with Crippen molar-refractivity contribution in [3.05, 3.63) is 58.6 Å². The largest absolute Gasteiger partial charge is 0.394 e. The van der Waals surface area contributed by atoms with Gasteiger partial charge in [0.2, 0.25) is 0 Å². The molecule has 112 valence electrons. The summed E-state index contributed by atoms with van der Waals surface area (Å²) in [7, 11) is 0. The van der Waals surface area contributed by atoms with Gasteiger partial charge in [0.1, 0.15) is 0 Å². The molecule has 2 aromatic rings. The van der Waals surface area contributed by atoms with Crippen LogP contribution < -0.4 is 10.9 Å². The number of aliphatic hydroxyl groups excluding tert-OH is 1. The molecule has 21 heavy (non-hydrogen) atoms. The minimum absolute atomic E-state index is 0.107. The molecule has 0 bridgehead atoms. The van der Waals surface area contributed by atoms with Gasteiger partial charge < -0.3 is 15.0 Å². The zero-order chi connectivity index (χ0) is 15.2. The Morgan fingerprint density at radius 2 is 2.00 bits per heavy atom. The smallest absolute Gasteiger partial charge is 0.293 e. The molecule has 1 heterocycles. The van der Waals surface area contributed by atoms with Gasteiger partial charge in [0.15, 0.2) is 5.82 Å². The van der Waals surface area contributed by atoms with Crippen LogP contribution in [0.1, 0.15) is 25.5 Å². The fourth-order valence-corrected chi connectivity index (χ4v) is 2.17. The molecule has 0 amide bonds. The van der Waals surface area contributed by atoms with Crippen LogP contribution in [0.3, 0.4) is 0 Å². The van der Waals surface area contributed by atoms with Crippen LogP contribution in [0.15, 0.2) is 47.5 Å². The molecular formula is C16H21N3O2. The normalized spacial score (nSPS) is 12.4. The molecule has 2 N–H and O–H groups in total. The molecule has 5 nitrogen and oxygen atoms in total. The molecule has 1 unspecified atom stereocenters. The van der Waals surface area contributed by atoms with Gasteiger partial charge in [-0.05, 0) is 11.5 Å². The number of benzene rings is 1. The van der Waals surface area contributed by atoms with E-state index in [0.29, 0.717) is 12.5 Å². The minimum atomic E-state index is -0.346. The van der Waals surface area contributed by atoms with E-state index in [0.717, 1.165) is 5.56 Å². The number of aromatic nitrogens is 2. The van der Waals surface area contributed by atoms with Gasteiger partial charge in [-0.3, -0.25) is 4.79 Å². The summed E-state index contributed by atoms with van der Waals surface area (Å²) in [6.45, 7) is 4.65. The molecule has 2 rings (SSSR count). The van der Waals surface area contributed by atoms with Gasteiger partial charge in [0.25, 0.3) is 5.56 Å². The second-order valence-electron chi connectivity index (χ2n) is 5.42. The van der Waals surface area contributed by atoms with E-state index in [1.165, 1.54) is 0 Å². The molecule has 0 saturated heterocycles. The van der Waals surface area contributed by atoms with E-state index in [2.05, 4.69) is 24.1 Å². The number of hydrogen-bond acceptors (Lipinski definition) is 4. The molecule has 0 aliphatic carbocycles. The molecule has 0 saturated carbocycles. The van der Waals surface area contributed by atoms with Crippen LogP contribution in [0.2, 0.25) is 0 Å². The maximum Gasteiger partial charge on any atom is 0.293 e. The lowest BCUT2D eigenvalue weighted by Crippen LogP contribution is -2.28. The number of rotatable bonds is 6. The molecule has 0 spiro atoms. The highest BCUT2D eigenvalue weighted by atomic mass is 16.3. The Bertz CT molecular complexity index is 623. The maximum atomic E-state index is 12.3. The van der Waals surface area contributed by atoms with Crippen molar-refractivity contribution in [2.75, 3.05) is 11.9 Å². The van der Waals surface area contributed by atoms with Crippen LogP contribution in [0.4, 0.5) is 5.82 Å². The van der Waals surface area contributed by atoms with Crippen LogP contribution in [0, 0.1) is 5.92 Å². The van der Waals surface area contributed by atoms with Crippen LogP contribution in [0.5, 0.6) is 0 Å². The van der Waals surface area contributed by atoms with Crippen LogP contribution in [0.25, 0.3) is 0 Å². The molecule has 0 aliphatic heterocycles. The van der Waals surface area contributed by atoms with E-state index in [4.69, 9.17) is 0 Å². The SMILES string of the molecule is CC(C)Cn1ccnc(NC(CO)c2ccccc2)c1=O. The Balaban J connectivity index is 2.24. The molecule has 0 radical (unpaired) electrons. The first-order valence-corrected chi connectivity index (χ1v) is 7.09. The summed E-state index contributed by atoms with van der Waals surface area (Å²) in [5.41, 5.74) is 0.751. The highest BCUT2D eigenvalue weighted by Crippen LogP contribution is 2.15. The van der Waals surface area contributed by atoms with Crippen molar-refractivity contribution in [1.82, 2.24) is 9.55 Å². The number of anilines is 1. The molecular weight excluding hydrogens is 266 g/mol. The first-order valence-electron chi connectivity index (χ1n) is 7.09. The lowest BCUT2D eigenvalue weighted by Gasteiger charge is -2.18. The van der Waals surface area contributed by atoms with E-state index < -0.39 is 0 Å². The number of nitrogens with one attached hydrogen (secondary N) is 1. The summed E-state index contributed by atoms with van der Waals surface area (Å²) < 4.78 is 1.64. The van der Waals surface area contributed by atoms with E-state index in [1.54, 1.807) is 17.0 Å². The monoisotopic (exact) mass is 287 g/mol. The second-order valence-corrected chi connectivity index (χ2v) is 5.42. The minimum Gasteiger partial charge on any atom is -0.394 e. The molecule has 5 heteroatoms. The summed E-state index contributed by atoms with van der Waals surface area (Å²) in [5, 5.41) is 12.6. The van der Waals surface area contributed by atoms with E-state index >= 15 is 0 Å². The predicted molar refractivity (Wildman–Crippen MR) is 83.2 cm³/mol. The van der Waals surface area contributed by atoms with Crippen molar-refractivity contribution in [2.45, 2.75) is 26.4 Å². The van der Waals surface area contributed by atoms with Gasteiger partial charge in [-0.25, -0.2) is 4.98 Å². The van der Waals surface area contributed by atoms with Gasteiger partial charge in [-0.2, -0.15) is 0 Å². The van der Waals surface area contributed by atoms with Gasteiger partial charge >= 0.3 is 0 Å². The first-order chi connectivity index (χ1) is 10.1. The van der Waals surface area contributed by atoms with Crippen molar-refractivity contribution in [3.63, 3.8) is 0 Å². The maximum absolute atomic E-state index is 12.3. The third-order valence-electron chi connectivity index (χ3n) is 3.17. The molecule has 0 fully saturated rings. The Labute approximate surface area is 124 Å². The van der Waals surface area contributed by atoms with Gasteiger partial charge in [-0.1, -0.05) is 44.2 Å². The zero-order valence-corrected chi connectivity index (χ0v) is 12.4. The van der Waals surface area contributed by atoms with Crippen molar-refractivity contribution < 1.29 is 5.11 Å². The third-order valence-corrected chi connectivity index (χ3v) is 3.17. The van der Waals surface area contributed by atoms with Crippen molar-refractivity contribution in [3.8, 4) is 0 Å². The molecule has 0 aliphatic rings.